The van der Waals surface area contributed by atoms with E-state index in [4.69, 9.17) is 0 Å². The fourth-order valence-electron chi connectivity index (χ4n) is 3.38. The number of rotatable bonds is 4. The number of nitrogens with zero attached hydrogens (tertiary/aromatic N) is 3. The summed E-state index contributed by atoms with van der Waals surface area (Å²) in [6.07, 6.45) is -4.75. The summed E-state index contributed by atoms with van der Waals surface area (Å²) in [7, 11) is 1.27. The van der Waals surface area contributed by atoms with E-state index in [1.165, 1.54) is 17.7 Å². The predicted octanol–water partition coefficient (Wildman–Crippen LogP) is 2.83. The van der Waals surface area contributed by atoms with E-state index < -0.39 is 24.1 Å². The summed E-state index contributed by atoms with van der Waals surface area (Å²) in [5.41, 5.74) is 1.44. The topological polar surface area (TPSA) is 89.3 Å². The molecule has 1 aliphatic rings. The van der Waals surface area contributed by atoms with Crippen LogP contribution in [0.1, 0.15) is 23.5 Å². The molecule has 4 rings (SSSR count). The Morgan fingerprint density at radius 3 is 2.83 bits per heavy atom. The lowest BCUT2D eigenvalue weighted by Gasteiger charge is -2.11. The highest BCUT2D eigenvalue weighted by Crippen LogP contribution is 2.32. The molecule has 0 fully saturated rings. The van der Waals surface area contributed by atoms with Gasteiger partial charge in [-0.3, -0.25) is 9.36 Å². The number of aliphatic hydroxyl groups excluding tert-OH is 1. The number of aliphatic hydroxyl groups is 1. The molecule has 0 spiro atoms. The quantitative estimate of drug-likeness (QED) is 0.648. The number of fused-ring (bicyclic) bond motifs is 2. The largest absolute Gasteiger partial charge is 0.469 e. The molecule has 10 heteroatoms. The average Bonchev–Trinajstić information content (AvgIpc) is 3.22. The third-order valence-electron chi connectivity index (χ3n) is 4.73. The van der Waals surface area contributed by atoms with E-state index in [1.54, 1.807) is 18.2 Å². The number of hydrogen-bond donors (Lipinski definition) is 2. The molecule has 0 saturated carbocycles. The van der Waals surface area contributed by atoms with E-state index in [0.717, 1.165) is 17.3 Å². The van der Waals surface area contributed by atoms with Crippen LogP contribution in [0.5, 0.6) is 0 Å². The summed E-state index contributed by atoms with van der Waals surface area (Å²) in [5.74, 6) is -0.0579. The molecule has 0 amide bonds. The Labute approximate surface area is 163 Å². The van der Waals surface area contributed by atoms with E-state index in [2.05, 4.69) is 20.0 Å². The van der Waals surface area contributed by atoms with Crippen molar-refractivity contribution in [3.63, 3.8) is 0 Å². The molecule has 2 aromatic heterocycles. The van der Waals surface area contributed by atoms with Gasteiger partial charge in [0.1, 0.15) is 23.3 Å². The molecule has 1 unspecified atom stereocenters. The predicted molar refractivity (Wildman–Crippen MR) is 97.5 cm³/mol. The van der Waals surface area contributed by atoms with Crippen molar-refractivity contribution < 1.29 is 27.8 Å². The molecule has 7 nitrogen and oxygen atoms in total. The van der Waals surface area contributed by atoms with Crippen LogP contribution in [0.3, 0.4) is 0 Å². The van der Waals surface area contributed by atoms with Gasteiger partial charge in [-0.2, -0.15) is 13.2 Å². The minimum absolute atomic E-state index is 0.0250. The van der Waals surface area contributed by atoms with Gasteiger partial charge in [-0.05, 0) is 35.9 Å². The van der Waals surface area contributed by atoms with Crippen molar-refractivity contribution in [3.05, 3.63) is 47.4 Å². The van der Waals surface area contributed by atoms with Gasteiger partial charge in [-0.1, -0.05) is 0 Å². The van der Waals surface area contributed by atoms with Crippen molar-refractivity contribution >= 4 is 22.8 Å². The molecule has 0 aliphatic carbocycles. The fourth-order valence-corrected chi connectivity index (χ4v) is 3.38. The first-order valence-corrected chi connectivity index (χ1v) is 8.86. The number of anilines is 1. The lowest BCUT2D eigenvalue weighted by Crippen LogP contribution is -2.12. The first-order valence-electron chi connectivity index (χ1n) is 8.86. The van der Waals surface area contributed by atoms with Crippen LogP contribution in [0, 0.1) is 0 Å². The van der Waals surface area contributed by atoms with Gasteiger partial charge in [0, 0.05) is 24.2 Å². The van der Waals surface area contributed by atoms with Gasteiger partial charge in [-0.15, -0.1) is 0 Å². The lowest BCUT2D eigenvalue weighted by molar-refractivity contribution is -0.141. The maximum Gasteiger partial charge on any atom is 0.433 e. The highest BCUT2D eigenvalue weighted by atomic mass is 19.4. The summed E-state index contributed by atoms with van der Waals surface area (Å²) in [4.78, 5) is 19.7. The van der Waals surface area contributed by atoms with Crippen LogP contribution in [0.15, 0.2) is 30.3 Å². The zero-order valence-electron chi connectivity index (χ0n) is 15.3. The number of benzene rings is 1. The monoisotopic (exact) mass is 406 g/mol. The average molecular weight is 406 g/mol. The summed E-state index contributed by atoms with van der Waals surface area (Å²) in [5, 5.41) is 12.7. The van der Waals surface area contributed by atoms with Crippen LogP contribution in [-0.4, -0.2) is 38.9 Å². The summed E-state index contributed by atoms with van der Waals surface area (Å²) in [6.45, 7) is 0. The number of aryl methyl sites for hydroxylation is 1. The number of halogens is 3. The smallest absolute Gasteiger partial charge is 0.433 e. The molecule has 1 atom stereocenters. The van der Waals surface area contributed by atoms with Gasteiger partial charge in [0.05, 0.1) is 13.5 Å². The Morgan fingerprint density at radius 1 is 1.31 bits per heavy atom. The van der Waals surface area contributed by atoms with Crippen molar-refractivity contribution in [2.24, 2.45) is 0 Å². The summed E-state index contributed by atoms with van der Waals surface area (Å²) < 4.78 is 45.7. The van der Waals surface area contributed by atoms with Gasteiger partial charge >= 0.3 is 12.1 Å². The van der Waals surface area contributed by atoms with Crippen molar-refractivity contribution in [2.75, 3.05) is 12.4 Å². The Hall–Kier alpha value is -3.14. The molecular formula is C19H17F3N4O3. The number of carbonyl (C=O) groups excluding carboxylic acids is 1. The van der Waals surface area contributed by atoms with Gasteiger partial charge < -0.3 is 15.2 Å². The number of pyridine rings is 1. The van der Waals surface area contributed by atoms with Gasteiger partial charge in [0.15, 0.2) is 5.65 Å². The summed E-state index contributed by atoms with van der Waals surface area (Å²) in [6, 6.07) is 7.36. The van der Waals surface area contributed by atoms with Crippen molar-refractivity contribution in [3.8, 4) is 5.69 Å². The number of aromatic nitrogens is 3. The third kappa shape index (κ3) is 3.63. The molecule has 2 N–H and O–H groups in total. The third-order valence-corrected chi connectivity index (χ3v) is 4.73. The van der Waals surface area contributed by atoms with Crippen LogP contribution in [0.2, 0.25) is 0 Å². The van der Waals surface area contributed by atoms with E-state index in [-0.39, 0.29) is 24.0 Å². The zero-order valence-corrected chi connectivity index (χ0v) is 15.3. The van der Waals surface area contributed by atoms with Gasteiger partial charge in [0.25, 0.3) is 0 Å². The Kier molecular flexibility index (Phi) is 4.65. The first kappa shape index (κ1) is 19.2. The normalized spacial score (nSPS) is 16.0. The zero-order chi connectivity index (χ0) is 20.8. The van der Waals surface area contributed by atoms with Crippen molar-refractivity contribution in [1.29, 1.82) is 0 Å². The standard InChI is InChI=1S/C19H17F3N4O3/c1-29-17(28)7-6-15-23-13-4-5-14(19(20,21)22)25-18(13)26(15)11-2-3-12-10(8-11)9-16(27)24-12/h2-5,8,16,24,27H,6-7,9H2,1H3. The maximum absolute atomic E-state index is 13.2. The molecule has 1 aliphatic heterocycles. The molecule has 3 heterocycles. The second-order valence-electron chi connectivity index (χ2n) is 6.68. The molecule has 29 heavy (non-hydrogen) atoms. The molecule has 1 aromatic carbocycles. The fraction of sp³-hybridized carbons (Fsp3) is 0.316. The molecular weight excluding hydrogens is 389 g/mol. The van der Waals surface area contributed by atoms with Crippen LogP contribution >= 0.6 is 0 Å². The molecule has 152 valence electrons. The number of methoxy groups -OCH3 is 1. The number of nitrogens with one attached hydrogen (secondary N) is 1. The van der Waals surface area contributed by atoms with Crippen LogP contribution < -0.4 is 5.32 Å². The Balaban J connectivity index is 1.86. The van der Waals surface area contributed by atoms with E-state index in [9.17, 15) is 23.1 Å². The second-order valence-corrected chi connectivity index (χ2v) is 6.68. The molecule has 0 bridgehead atoms. The number of imidazole rings is 1. The lowest BCUT2D eigenvalue weighted by atomic mass is 10.1. The number of alkyl halides is 3. The number of ether oxygens (including phenoxy) is 1. The van der Waals surface area contributed by atoms with Crippen LogP contribution in [0.25, 0.3) is 16.9 Å². The van der Waals surface area contributed by atoms with Gasteiger partial charge in [-0.25, -0.2) is 9.97 Å². The first-order chi connectivity index (χ1) is 13.8. The number of esters is 1. The number of carbonyl (C=O) groups is 1. The van der Waals surface area contributed by atoms with E-state index >= 15 is 0 Å². The molecule has 0 radical (unpaired) electrons. The second kappa shape index (κ2) is 7.03. The van der Waals surface area contributed by atoms with E-state index in [0.29, 0.717) is 17.9 Å². The Morgan fingerprint density at radius 2 is 2.10 bits per heavy atom. The van der Waals surface area contributed by atoms with E-state index in [1.807, 2.05) is 0 Å². The minimum Gasteiger partial charge on any atom is -0.469 e. The van der Waals surface area contributed by atoms with Crippen molar-refractivity contribution in [1.82, 2.24) is 14.5 Å². The van der Waals surface area contributed by atoms with Crippen molar-refractivity contribution in [2.45, 2.75) is 31.7 Å². The highest BCUT2D eigenvalue weighted by molar-refractivity contribution is 5.76. The molecule has 3 aromatic rings. The van der Waals surface area contributed by atoms with Crippen LogP contribution in [-0.2, 0) is 28.5 Å². The minimum atomic E-state index is -4.60. The highest BCUT2D eigenvalue weighted by Gasteiger charge is 2.33. The molecule has 0 saturated heterocycles. The summed E-state index contributed by atoms with van der Waals surface area (Å²) >= 11 is 0. The number of hydrogen-bond acceptors (Lipinski definition) is 6. The SMILES string of the molecule is COC(=O)CCc1nc2ccc(C(F)(F)F)nc2n1-c1ccc2c(c1)CC(O)N2. The Bertz CT molecular complexity index is 1090. The van der Waals surface area contributed by atoms with Gasteiger partial charge in [0.2, 0.25) is 0 Å². The van der Waals surface area contributed by atoms with Crippen LogP contribution in [0.4, 0.5) is 18.9 Å². The maximum atomic E-state index is 13.2.